The second kappa shape index (κ2) is 7.71. The Morgan fingerprint density at radius 2 is 2.10 bits per heavy atom. The summed E-state index contributed by atoms with van der Waals surface area (Å²) in [4.78, 5) is 4.16. The molecule has 0 aliphatic heterocycles. The number of rotatable bonds is 7. The Kier molecular flexibility index (Phi) is 5.66. The summed E-state index contributed by atoms with van der Waals surface area (Å²) < 4.78 is 24.6. The molecule has 0 amide bonds. The van der Waals surface area contributed by atoms with Crippen molar-refractivity contribution >= 4 is 0 Å². The van der Waals surface area contributed by atoms with E-state index >= 15 is 0 Å². The van der Waals surface area contributed by atoms with Crippen LogP contribution >= 0.6 is 0 Å². The molecule has 0 spiro atoms. The number of hydrogen-bond acceptors (Lipinski definition) is 4. The summed E-state index contributed by atoms with van der Waals surface area (Å²) >= 11 is 0. The molecule has 1 aromatic heterocycles. The van der Waals surface area contributed by atoms with Crippen molar-refractivity contribution in [2.75, 3.05) is 20.3 Å². The third-order valence-electron chi connectivity index (χ3n) is 2.97. The smallest absolute Gasteiger partial charge is 0.145 e. The van der Waals surface area contributed by atoms with Crippen LogP contribution in [0.3, 0.4) is 0 Å². The van der Waals surface area contributed by atoms with Crippen molar-refractivity contribution in [2.24, 2.45) is 0 Å². The monoisotopic (exact) mass is 290 g/mol. The van der Waals surface area contributed by atoms with Gasteiger partial charge in [-0.1, -0.05) is 6.07 Å². The van der Waals surface area contributed by atoms with Crippen LogP contribution < -0.4 is 10.1 Å². The zero-order chi connectivity index (χ0) is 15.1. The number of nitrogens with zero attached hydrogens (tertiary/aromatic N) is 1. The van der Waals surface area contributed by atoms with Gasteiger partial charge >= 0.3 is 0 Å². The zero-order valence-corrected chi connectivity index (χ0v) is 12.2. The molecule has 1 heterocycles. The van der Waals surface area contributed by atoms with Crippen LogP contribution in [0.2, 0.25) is 0 Å². The molecular formula is C16H19FN2O2. The van der Waals surface area contributed by atoms with Gasteiger partial charge < -0.3 is 14.8 Å². The van der Waals surface area contributed by atoms with Crippen molar-refractivity contribution in [2.45, 2.75) is 13.5 Å². The highest BCUT2D eigenvalue weighted by atomic mass is 19.1. The Morgan fingerprint density at radius 3 is 2.81 bits per heavy atom. The summed E-state index contributed by atoms with van der Waals surface area (Å²) in [6.07, 6.45) is 1.63. The van der Waals surface area contributed by atoms with Crippen LogP contribution in [0.15, 0.2) is 36.5 Å². The van der Waals surface area contributed by atoms with E-state index in [2.05, 4.69) is 10.3 Å². The fourth-order valence-corrected chi connectivity index (χ4v) is 1.84. The third-order valence-corrected chi connectivity index (χ3v) is 2.97. The summed E-state index contributed by atoms with van der Waals surface area (Å²) in [5, 5.41) is 3.12. The lowest BCUT2D eigenvalue weighted by molar-refractivity contribution is 0.199. The van der Waals surface area contributed by atoms with Gasteiger partial charge in [0.1, 0.15) is 17.3 Å². The first kappa shape index (κ1) is 15.4. The highest BCUT2D eigenvalue weighted by Crippen LogP contribution is 2.26. The van der Waals surface area contributed by atoms with E-state index in [9.17, 15) is 4.39 Å². The molecule has 4 nitrogen and oxygen atoms in total. The van der Waals surface area contributed by atoms with Gasteiger partial charge in [0, 0.05) is 31.5 Å². The first-order chi connectivity index (χ1) is 10.2. The van der Waals surface area contributed by atoms with Crippen LogP contribution in [0, 0.1) is 12.7 Å². The lowest BCUT2D eigenvalue weighted by atomic mass is 10.2. The standard InChI is InChI=1S/C16H19FN2O2/c1-12-6-7-13(10-19-12)21-16-5-3-4-15(17)14(16)11-18-8-9-20-2/h3-7,10,18H,8-9,11H2,1-2H3. The molecule has 2 aromatic rings. The Balaban J connectivity index is 2.11. The van der Waals surface area contributed by atoms with Crippen LogP contribution in [0.1, 0.15) is 11.3 Å². The van der Waals surface area contributed by atoms with E-state index in [1.165, 1.54) is 6.07 Å². The molecule has 112 valence electrons. The quantitative estimate of drug-likeness (QED) is 0.796. The van der Waals surface area contributed by atoms with Gasteiger partial charge in [-0.25, -0.2) is 4.39 Å². The number of aromatic nitrogens is 1. The molecule has 0 bridgehead atoms. The van der Waals surface area contributed by atoms with Gasteiger partial charge in [0.25, 0.3) is 0 Å². The Hall–Kier alpha value is -1.98. The minimum atomic E-state index is -0.294. The van der Waals surface area contributed by atoms with Gasteiger partial charge in [-0.05, 0) is 31.2 Å². The molecule has 1 aromatic carbocycles. The minimum absolute atomic E-state index is 0.294. The lowest BCUT2D eigenvalue weighted by Gasteiger charge is -2.12. The van der Waals surface area contributed by atoms with E-state index in [1.54, 1.807) is 25.4 Å². The van der Waals surface area contributed by atoms with Gasteiger partial charge in [0.2, 0.25) is 0 Å². The van der Waals surface area contributed by atoms with Gasteiger partial charge in [-0.15, -0.1) is 0 Å². The number of pyridine rings is 1. The second-order valence-corrected chi connectivity index (χ2v) is 4.62. The second-order valence-electron chi connectivity index (χ2n) is 4.62. The van der Waals surface area contributed by atoms with Crippen LogP contribution in [0.4, 0.5) is 4.39 Å². The predicted molar refractivity (Wildman–Crippen MR) is 79.0 cm³/mol. The van der Waals surface area contributed by atoms with E-state index in [0.29, 0.717) is 36.8 Å². The van der Waals surface area contributed by atoms with Crippen molar-refractivity contribution in [3.63, 3.8) is 0 Å². The predicted octanol–water partition coefficient (Wildman–Crippen LogP) is 3.06. The maximum atomic E-state index is 14.0. The van der Waals surface area contributed by atoms with E-state index in [-0.39, 0.29) is 5.82 Å². The summed E-state index contributed by atoms with van der Waals surface area (Å²) in [6.45, 7) is 3.50. The normalized spacial score (nSPS) is 10.6. The van der Waals surface area contributed by atoms with Crippen molar-refractivity contribution in [1.29, 1.82) is 0 Å². The molecule has 0 aliphatic carbocycles. The maximum Gasteiger partial charge on any atom is 0.145 e. The largest absolute Gasteiger partial charge is 0.455 e. The van der Waals surface area contributed by atoms with Crippen molar-refractivity contribution in [3.05, 3.63) is 53.6 Å². The summed E-state index contributed by atoms with van der Waals surface area (Å²) in [5.74, 6) is 0.785. The van der Waals surface area contributed by atoms with E-state index in [0.717, 1.165) is 5.69 Å². The molecular weight excluding hydrogens is 271 g/mol. The van der Waals surface area contributed by atoms with Crippen molar-refractivity contribution in [1.82, 2.24) is 10.3 Å². The van der Waals surface area contributed by atoms with Crippen LogP contribution in [0.5, 0.6) is 11.5 Å². The first-order valence-corrected chi connectivity index (χ1v) is 6.78. The maximum absolute atomic E-state index is 14.0. The molecule has 1 N–H and O–H groups in total. The van der Waals surface area contributed by atoms with Gasteiger partial charge in [-0.3, -0.25) is 4.98 Å². The number of nitrogens with one attached hydrogen (secondary N) is 1. The lowest BCUT2D eigenvalue weighted by Crippen LogP contribution is -2.19. The molecule has 0 saturated heterocycles. The average molecular weight is 290 g/mol. The average Bonchev–Trinajstić information content (AvgIpc) is 2.48. The van der Waals surface area contributed by atoms with E-state index in [4.69, 9.17) is 9.47 Å². The van der Waals surface area contributed by atoms with Gasteiger partial charge in [-0.2, -0.15) is 0 Å². The number of ether oxygens (including phenoxy) is 2. The van der Waals surface area contributed by atoms with E-state index in [1.807, 2.05) is 19.1 Å². The number of aryl methyl sites for hydroxylation is 1. The van der Waals surface area contributed by atoms with Crippen molar-refractivity contribution < 1.29 is 13.9 Å². The molecule has 0 saturated carbocycles. The minimum Gasteiger partial charge on any atom is -0.455 e. The topological polar surface area (TPSA) is 43.4 Å². The fourth-order valence-electron chi connectivity index (χ4n) is 1.84. The number of methoxy groups -OCH3 is 1. The van der Waals surface area contributed by atoms with Crippen molar-refractivity contribution in [3.8, 4) is 11.5 Å². The van der Waals surface area contributed by atoms with Gasteiger partial charge in [0.05, 0.1) is 12.8 Å². The number of hydrogen-bond donors (Lipinski definition) is 1. The summed E-state index contributed by atoms with van der Waals surface area (Å²) in [5.41, 5.74) is 1.40. The first-order valence-electron chi connectivity index (χ1n) is 6.78. The Labute approximate surface area is 123 Å². The molecule has 0 radical (unpaired) electrons. The zero-order valence-electron chi connectivity index (χ0n) is 12.2. The molecule has 2 rings (SSSR count). The number of benzene rings is 1. The van der Waals surface area contributed by atoms with Crippen LogP contribution in [0.25, 0.3) is 0 Å². The number of halogens is 1. The summed E-state index contributed by atoms with van der Waals surface area (Å²) in [7, 11) is 1.63. The van der Waals surface area contributed by atoms with Crippen LogP contribution in [-0.2, 0) is 11.3 Å². The third kappa shape index (κ3) is 4.51. The van der Waals surface area contributed by atoms with E-state index < -0.39 is 0 Å². The van der Waals surface area contributed by atoms with Gasteiger partial charge in [0.15, 0.2) is 0 Å². The highest BCUT2D eigenvalue weighted by molar-refractivity contribution is 5.38. The molecule has 5 heteroatoms. The molecule has 0 fully saturated rings. The SMILES string of the molecule is COCCNCc1c(F)cccc1Oc1ccc(C)nc1. The highest BCUT2D eigenvalue weighted by Gasteiger charge is 2.10. The molecule has 21 heavy (non-hydrogen) atoms. The summed E-state index contributed by atoms with van der Waals surface area (Å²) in [6, 6.07) is 8.47. The van der Waals surface area contributed by atoms with Crippen LogP contribution in [-0.4, -0.2) is 25.2 Å². The Bertz CT molecular complexity index is 573. The molecule has 0 atom stereocenters. The molecule has 0 aliphatic rings. The Morgan fingerprint density at radius 1 is 1.24 bits per heavy atom. The molecule has 0 unspecified atom stereocenters. The fraction of sp³-hybridized carbons (Fsp3) is 0.312.